The molecule has 3 rings (SSSR count). The topological polar surface area (TPSA) is 70.6 Å². The number of hydrogen-bond donors (Lipinski definition) is 0. The summed E-state index contributed by atoms with van der Waals surface area (Å²) in [6, 6.07) is 7.81. The number of carbonyl (C=O) groups excluding carboxylic acids is 1. The normalized spacial score (nSPS) is 13.9. The molecule has 2 heterocycles. The maximum absolute atomic E-state index is 12.9. The molecule has 1 aromatic carbocycles. The maximum Gasteiger partial charge on any atom is 0.258 e. The van der Waals surface area contributed by atoms with Crippen molar-refractivity contribution in [2.24, 2.45) is 0 Å². The number of amides is 1. The van der Waals surface area contributed by atoms with E-state index in [1.54, 1.807) is 36.9 Å². The molecule has 1 aliphatic rings. The minimum Gasteiger partial charge on any atom is -0.308 e. The number of sulfonamides is 1. The van der Waals surface area contributed by atoms with E-state index >= 15 is 0 Å². The highest BCUT2D eigenvalue weighted by Gasteiger charge is 2.29. The second-order valence-corrected chi connectivity index (χ2v) is 8.80. The molecule has 2 aromatic rings. The summed E-state index contributed by atoms with van der Waals surface area (Å²) in [5.41, 5.74) is 1.86. The number of benzene rings is 1. The van der Waals surface area contributed by atoms with Crippen LogP contribution in [-0.2, 0) is 16.4 Å². The molecule has 1 aliphatic heterocycles. The summed E-state index contributed by atoms with van der Waals surface area (Å²) >= 11 is 11.8. The second kappa shape index (κ2) is 7.75. The van der Waals surface area contributed by atoms with Crippen molar-refractivity contribution >= 4 is 44.8 Å². The lowest BCUT2D eigenvalue weighted by atomic mass is 10.1. The Morgan fingerprint density at radius 1 is 1.15 bits per heavy atom. The predicted molar refractivity (Wildman–Crippen MR) is 106 cm³/mol. The van der Waals surface area contributed by atoms with Gasteiger partial charge in [0.15, 0.2) is 0 Å². The minimum absolute atomic E-state index is 0.144. The molecule has 144 valence electrons. The lowest BCUT2D eigenvalue weighted by molar-refractivity contribution is 0.0989. The molecule has 1 amide bonds. The third-order valence-corrected chi connectivity index (χ3v) is 6.98. The number of pyridine rings is 1. The molecule has 0 saturated carbocycles. The standard InChI is InChI=1S/C18H19Cl2N3O3S/c1-3-22(4-2)27(25,26)14-5-6-15-12(9-14)7-8-23(15)18(24)13-10-16(19)21-17(20)11-13/h5-6,9-11H,3-4,7-8H2,1-2H3. The molecule has 0 unspecified atom stereocenters. The van der Waals surface area contributed by atoms with Crippen molar-refractivity contribution in [3.63, 3.8) is 0 Å². The number of halogens is 2. The Morgan fingerprint density at radius 3 is 2.37 bits per heavy atom. The molecular formula is C18H19Cl2N3O3S. The van der Waals surface area contributed by atoms with E-state index in [1.807, 2.05) is 0 Å². The third kappa shape index (κ3) is 3.82. The molecule has 0 saturated heterocycles. The van der Waals surface area contributed by atoms with Gasteiger partial charge in [0.2, 0.25) is 10.0 Å². The van der Waals surface area contributed by atoms with Crippen LogP contribution in [-0.4, -0.2) is 43.2 Å². The van der Waals surface area contributed by atoms with E-state index in [-0.39, 0.29) is 21.1 Å². The molecule has 0 atom stereocenters. The van der Waals surface area contributed by atoms with E-state index in [2.05, 4.69) is 4.98 Å². The Balaban J connectivity index is 1.94. The highest BCUT2D eigenvalue weighted by molar-refractivity contribution is 7.89. The highest BCUT2D eigenvalue weighted by atomic mass is 35.5. The van der Waals surface area contributed by atoms with Gasteiger partial charge >= 0.3 is 0 Å². The zero-order valence-electron chi connectivity index (χ0n) is 14.9. The number of fused-ring (bicyclic) bond motifs is 1. The Labute approximate surface area is 168 Å². The van der Waals surface area contributed by atoms with Gasteiger partial charge < -0.3 is 4.90 Å². The Hall–Kier alpha value is -1.67. The monoisotopic (exact) mass is 427 g/mol. The molecule has 9 heteroatoms. The van der Waals surface area contributed by atoms with Crippen LogP contribution < -0.4 is 4.90 Å². The summed E-state index contributed by atoms with van der Waals surface area (Å²) in [5, 5.41) is 0.289. The van der Waals surface area contributed by atoms with E-state index in [9.17, 15) is 13.2 Å². The number of carbonyl (C=O) groups is 1. The van der Waals surface area contributed by atoms with Gasteiger partial charge in [-0.25, -0.2) is 13.4 Å². The van der Waals surface area contributed by atoms with Crippen LogP contribution in [0.3, 0.4) is 0 Å². The van der Waals surface area contributed by atoms with Crippen molar-refractivity contribution in [3.05, 3.63) is 51.8 Å². The molecule has 1 aromatic heterocycles. The van der Waals surface area contributed by atoms with Gasteiger partial charge in [-0.2, -0.15) is 4.31 Å². The first-order valence-electron chi connectivity index (χ1n) is 8.56. The molecule has 0 N–H and O–H groups in total. The summed E-state index contributed by atoms with van der Waals surface area (Å²) in [4.78, 5) is 18.5. The lowest BCUT2D eigenvalue weighted by Crippen LogP contribution is -2.30. The average molecular weight is 428 g/mol. The molecular weight excluding hydrogens is 409 g/mol. The van der Waals surface area contributed by atoms with E-state index in [0.717, 1.165) is 5.56 Å². The van der Waals surface area contributed by atoms with E-state index in [0.29, 0.717) is 37.3 Å². The maximum atomic E-state index is 12.9. The van der Waals surface area contributed by atoms with Crippen LogP contribution in [0.2, 0.25) is 10.3 Å². The first-order valence-corrected chi connectivity index (χ1v) is 10.8. The fourth-order valence-electron chi connectivity index (χ4n) is 3.21. The first-order chi connectivity index (χ1) is 12.8. The van der Waals surface area contributed by atoms with Crippen LogP contribution in [0.5, 0.6) is 0 Å². The van der Waals surface area contributed by atoms with Crippen molar-refractivity contribution in [1.29, 1.82) is 0 Å². The number of rotatable bonds is 5. The molecule has 6 nitrogen and oxygen atoms in total. The summed E-state index contributed by atoms with van der Waals surface area (Å²) < 4.78 is 26.8. The molecule has 0 fully saturated rings. The molecule has 0 bridgehead atoms. The van der Waals surface area contributed by atoms with Gasteiger partial charge in [-0.1, -0.05) is 37.0 Å². The average Bonchev–Trinajstić information content (AvgIpc) is 3.04. The van der Waals surface area contributed by atoms with E-state index in [4.69, 9.17) is 23.2 Å². The summed E-state index contributed by atoms with van der Waals surface area (Å²) in [6.45, 7) is 4.88. The van der Waals surface area contributed by atoms with Crippen LogP contribution >= 0.6 is 23.2 Å². The minimum atomic E-state index is -3.54. The Morgan fingerprint density at radius 2 is 1.78 bits per heavy atom. The predicted octanol–water partition coefficient (Wildman–Crippen LogP) is 3.62. The Kier molecular flexibility index (Phi) is 5.76. The van der Waals surface area contributed by atoms with Crippen molar-refractivity contribution < 1.29 is 13.2 Å². The van der Waals surface area contributed by atoms with Gasteiger partial charge in [0.05, 0.1) is 4.90 Å². The van der Waals surface area contributed by atoms with Gasteiger partial charge in [-0.3, -0.25) is 4.79 Å². The van der Waals surface area contributed by atoms with Gasteiger partial charge in [-0.05, 0) is 42.3 Å². The summed E-state index contributed by atoms with van der Waals surface area (Å²) in [6.07, 6.45) is 0.579. The zero-order chi connectivity index (χ0) is 19.8. The summed E-state index contributed by atoms with van der Waals surface area (Å²) in [5.74, 6) is -0.251. The lowest BCUT2D eigenvalue weighted by Gasteiger charge is -2.20. The van der Waals surface area contributed by atoms with Crippen molar-refractivity contribution in [2.45, 2.75) is 25.2 Å². The number of aromatic nitrogens is 1. The van der Waals surface area contributed by atoms with Crippen LogP contribution in [0.25, 0.3) is 0 Å². The fourth-order valence-corrected chi connectivity index (χ4v) is 5.18. The molecule has 0 radical (unpaired) electrons. The smallest absolute Gasteiger partial charge is 0.258 e. The van der Waals surface area contributed by atoms with Crippen molar-refractivity contribution in [3.8, 4) is 0 Å². The number of hydrogen-bond acceptors (Lipinski definition) is 4. The van der Waals surface area contributed by atoms with Gasteiger partial charge in [0.25, 0.3) is 5.91 Å². The first kappa shape index (κ1) is 20.1. The van der Waals surface area contributed by atoms with Gasteiger partial charge in [0.1, 0.15) is 10.3 Å². The van der Waals surface area contributed by atoms with Crippen molar-refractivity contribution in [1.82, 2.24) is 9.29 Å². The van der Waals surface area contributed by atoms with Crippen LogP contribution in [0.1, 0.15) is 29.8 Å². The van der Waals surface area contributed by atoms with E-state index in [1.165, 1.54) is 16.4 Å². The number of nitrogens with zero attached hydrogens (tertiary/aromatic N) is 3. The highest BCUT2D eigenvalue weighted by Crippen LogP contribution is 2.32. The van der Waals surface area contributed by atoms with Crippen LogP contribution in [0.15, 0.2) is 35.2 Å². The third-order valence-electron chi connectivity index (χ3n) is 4.54. The second-order valence-electron chi connectivity index (χ2n) is 6.09. The number of anilines is 1. The van der Waals surface area contributed by atoms with Gasteiger partial charge in [0, 0.05) is 30.9 Å². The van der Waals surface area contributed by atoms with Crippen LogP contribution in [0, 0.1) is 0 Å². The van der Waals surface area contributed by atoms with Crippen molar-refractivity contribution in [2.75, 3.05) is 24.5 Å². The molecule has 0 spiro atoms. The largest absolute Gasteiger partial charge is 0.308 e. The summed E-state index contributed by atoms with van der Waals surface area (Å²) in [7, 11) is -3.54. The molecule has 0 aliphatic carbocycles. The van der Waals surface area contributed by atoms with E-state index < -0.39 is 10.0 Å². The SMILES string of the molecule is CCN(CC)S(=O)(=O)c1ccc2c(c1)CCN2C(=O)c1cc(Cl)nc(Cl)c1. The fraction of sp³-hybridized carbons (Fsp3) is 0.333. The molecule has 27 heavy (non-hydrogen) atoms. The Bertz CT molecular complexity index is 971. The van der Waals surface area contributed by atoms with Crippen LogP contribution in [0.4, 0.5) is 5.69 Å². The van der Waals surface area contributed by atoms with Gasteiger partial charge in [-0.15, -0.1) is 0 Å². The quantitative estimate of drug-likeness (QED) is 0.683. The zero-order valence-corrected chi connectivity index (χ0v) is 17.3.